The van der Waals surface area contributed by atoms with Gasteiger partial charge in [-0.3, -0.25) is 14.4 Å². The van der Waals surface area contributed by atoms with Crippen molar-refractivity contribution in [3.05, 3.63) is 42.5 Å². The number of benzene rings is 2. The van der Waals surface area contributed by atoms with Crippen molar-refractivity contribution < 1.29 is 14.4 Å². The minimum Gasteiger partial charge on any atom is -0.353 e. The molecule has 0 radical (unpaired) electrons. The molecule has 6 nitrogen and oxygen atoms in total. The highest BCUT2D eigenvalue weighted by molar-refractivity contribution is 6.03. The molecule has 0 aliphatic heterocycles. The summed E-state index contributed by atoms with van der Waals surface area (Å²) in [6.45, 7) is -0.0416. The summed E-state index contributed by atoms with van der Waals surface area (Å²) in [6, 6.07) is 13.8. The molecule has 2 fully saturated rings. The monoisotopic (exact) mass is 449 g/mol. The second kappa shape index (κ2) is 11.3. The molecular formula is C27H35N3O3. The van der Waals surface area contributed by atoms with Crippen molar-refractivity contribution in [3.63, 3.8) is 0 Å². The van der Waals surface area contributed by atoms with Crippen molar-refractivity contribution in [2.45, 2.75) is 70.3 Å². The Morgan fingerprint density at radius 2 is 1.52 bits per heavy atom. The predicted octanol–water partition coefficient (Wildman–Crippen LogP) is 4.54. The molecule has 2 aliphatic rings. The Labute approximate surface area is 195 Å². The zero-order valence-corrected chi connectivity index (χ0v) is 19.3. The highest BCUT2D eigenvalue weighted by atomic mass is 16.2. The molecule has 0 bridgehead atoms. The van der Waals surface area contributed by atoms with E-state index < -0.39 is 0 Å². The van der Waals surface area contributed by atoms with Crippen LogP contribution in [-0.4, -0.2) is 30.3 Å². The van der Waals surface area contributed by atoms with Gasteiger partial charge < -0.3 is 16.0 Å². The Morgan fingerprint density at radius 3 is 2.30 bits per heavy atom. The maximum Gasteiger partial charge on any atom is 0.243 e. The van der Waals surface area contributed by atoms with E-state index in [0.717, 1.165) is 42.1 Å². The van der Waals surface area contributed by atoms with Gasteiger partial charge in [0.2, 0.25) is 17.7 Å². The van der Waals surface area contributed by atoms with Gasteiger partial charge in [0.25, 0.3) is 0 Å². The lowest BCUT2D eigenvalue weighted by Gasteiger charge is -2.29. The second-order valence-corrected chi connectivity index (χ2v) is 9.62. The zero-order valence-electron chi connectivity index (χ0n) is 19.3. The number of amides is 3. The van der Waals surface area contributed by atoms with Gasteiger partial charge in [-0.25, -0.2) is 0 Å². The Hall–Kier alpha value is -2.89. The van der Waals surface area contributed by atoms with Gasteiger partial charge >= 0.3 is 0 Å². The number of carbonyl (C=O) groups is 3. The number of carbonyl (C=O) groups excluding carboxylic acids is 3. The number of rotatable bonds is 7. The summed E-state index contributed by atoms with van der Waals surface area (Å²) in [5.41, 5.74) is 0.747. The second-order valence-electron chi connectivity index (χ2n) is 9.62. The fourth-order valence-electron chi connectivity index (χ4n) is 5.28. The van der Waals surface area contributed by atoms with Crippen LogP contribution in [0.4, 0.5) is 5.69 Å². The Bertz CT molecular complexity index is 970. The van der Waals surface area contributed by atoms with Crippen molar-refractivity contribution in [2.75, 3.05) is 11.9 Å². The van der Waals surface area contributed by atoms with Gasteiger partial charge in [0.05, 0.1) is 6.54 Å². The average Bonchev–Trinajstić information content (AvgIpc) is 2.84. The fraction of sp³-hybridized carbons (Fsp3) is 0.519. The Morgan fingerprint density at radius 1 is 0.788 bits per heavy atom. The van der Waals surface area contributed by atoms with Crippen LogP contribution in [0.1, 0.15) is 64.2 Å². The first-order valence-electron chi connectivity index (χ1n) is 12.4. The van der Waals surface area contributed by atoms with Crippen molar-refractivity contribution in [3.8, 4) is 0 Å². The summed E-state index contributed by atoms with van der Waals surface area (Å²) in [5, 5.41) is 10.9. The molecule has 3 N–H and O–H groups in total. The largest absolute Gasteiger partial charge is 0.353 e. The van der Waals surface area contributed by atoms with Gasteiger partial charge in [-0.05, 0) is 55.9 Å². The van der Waals surface area contributed by atoms with Gasteiger partial charge in [-0.1, -0.05) is 55.7 Å². The van der Waals surface area contributed by atoms with Crippen LogP contribution in [0.3, 0.4) is 0 Å². The SMILES string of the molecule is O=C(CNC(=O)C1CCC(NC(=O)CC2CCCCC2)CC1)Nc1cccc2ccccc12. The van der Waals surface area contributed by atoms with E-state index in [2.05, 4.69) is 16.0 Å². The van der Waals surface area contributed by atoms with E-state index in [1.165, 1.54) is 32.1 Å². The van der Waals surface area contributed by atoms with E-state index in [9.17, 15) is 14.4 Å². The molecule has 2 saturated carbocycles. The molecule has 6 heteroatoms. The summed E-state index contributed by atoms with van der Waals surface area (Å²) in [6.07, 6.45) is 9.91. The van der Waals surface area contributed by atoms with Crippen LogP contribution < -0.4 is 16.0 Å². The first-order chi connectivity index (χ1) is 16.1. The molecule has 3 amide bonds. The maximum atomic E-state index is 12.6. The summed E-state index contributed by atoms with van der Waals surface area (Å²) in [5.74, 6) is 0.307. The van der Waals surface area contributed by atoms with Crippen molar-refractivity contribution in [2.24, 2.45) is 11.8 Å². The predicted molar refractivity (Wildman–Crippen MR) is 131 cm³/mol. The summed E-state index contributed by atoms with van der Waals surface area (Å²) in [7, 11) is 0. The number of hydrogen-bond donors (Lipinski definition) is 3. The standard InChI is InChI=1S/C27H35N3O3/c31-25(17-19-7-2-1-3-8-19)29-22-15-13-21(14-16-22)27(33)28-18-26(32)30-24-12-6-10-20-9-4-5-11-23(20)24/h4-6,9-12,19,21-22H,1-3,7-8,13-18H2,(H,28,33)(H,29,31)(H,30,32). The smallest absolute Gasteiger partial charge is 0.243 e. The molecule has 176 valence electrons. The van der Waals surface area contributed by atoms with Crippen molar-refractivity contribution >= 4 is 34.2 Å². The molecule has 0 saturated heterocycles. The molecule has 0 aromatic heterocycles. The zero-order chi connectivity index (χ0) is 23.0. The molecule has 2 aliphatic carbocycles. The topological polar surface area (TPSA) is 87.3 Å². The molecular weight excluding hydrogens is 414 g/mol. The third kappa shape index (κ3) is 6.56. The van der Waals surface area contributed by atoms with E-state index in [4.69, 9.17) is 0 Å². The van der Waals surface area contributed by atoms with Crippen LogP contribution in [0.2, 0.25) is 0 Å². The molecule has 0 unspecified atom stereocenters. The molecule has 4 rings (SSSR count). The Balaban J connectivity index is 1.17. The van der Waals surface area contributed by atoms with Gasteiger partial charge in [0, 0.05) is 29.5 Å². The molecule has 33 heavy (non-hydrogen) atoms. The first-order valence-corrected chi connectivity index (χ1v) is 12.4. The van der Waals surface area contributed by atoms with Crippen LogP contribution in [-0.2, 0) is 14.4 Å². The van der Waals surface area contributed by atoms with Crippen LogP contribution in [0.5, 0.6) is 0 Å². The van der Waals surface area contributed by atoms with E-state index in [-0.39, 0.29) is 36.2 Å². The normalized spacial score (nSPS) is 21.3. The molecule has 2 aromatic rings. The van der Waals surface area contributed by atoms with Gasteiger partial charge in [0.15, 0.2) is 0 Å². The van der Waals surface area contributed by atoms with E-state index in [1.807, 2.05) is 42.5 Å². The average molecular weight is 450 g/mol. The molecule has 0 spiro atoms. The minimum atomic E-state index is -0.233. The highest BCUT2D eigenvalue weighted by Gasteiger charge is 2.28. The quantitative estimate of drug-likeness (QED) is 0.580. The van der Waals surface area contributed by atoms with Crippen LogP contribution in [0.25, 0.3) is 10.8 Å². The lowest BCUT2D eigenvalue weighted by atomic mass is 9.84. The Kier molecular flexibility index (Phi) is 7.97. The summed E-state index contributed by atoms with van der Waals surface area (Å²) in [4.78, 5) is 37.4. The number of nitrogens with one attached hydrogen (secondary N) is 3. The molecule has 0 atom stereocenters. The highest BCUT2D eigenvalue weighted by Crippen LogP contribution is 2.28. The number of anilines is 1. The lowest BCUT2D eigenvalue weighted by molar-refractivity contribution is -0.128. The van der Waals surface area contributed by atoms with Crippen LogP contribution in [0.15, 0.2) is 42.5 Å². The van der Waals surface area contributed by atoms with Gasteiger partial charge in [-0.15, -0.1) is 0 Å². The summed E-state index contributed by atoms with van der Waals surface area (Å²) >= 11 is 0. The van der Waals surface area contributed by atoms with Crippen LogP contribution >= 0.6 is 0 Å². The van der Waals surface area contributed by atoms with Gasteiger partial charge in [-0.2, -0.15) is 0 Å². The molecule has 0 heterocycles. The minimum absolute atomic E-state index is 0.0416. The number of fused-ring (bicyclic) bond motifs is 1. The number of hydrogen-bond acceptors (Lipinski definition) is 3. The maximum absolute atomic E-state index is 12.6. The van der Waals surface area contributed by atoms with E-state index in [1.54, 1.807) is 0 Å². The van der Waals surface area contributed by atoms with E-state index >= 15 is 0 Å². The third-order valence-electron chi connectivity index (χ3n) is 7.15. The third-order valence-corrected chi connectivity index (χ3v) is 7.15. The fourth-order valence-corrected chi connectivity index (χ4v) is 5.28. The van der Waals surface area contributed by atoms with Crippen molar-refractivity contribution in [1.82, 2.24) is 10.6 Å². The molecule has 2 aromatic carbocycles. The van der Waals surface area contributed by atoms with Crippen LogP contribution in [0, 0.1) is 11.8 Å². The van der Waals surface area contributed by atoms with Gasteiger partial charge in [0.1, 0.15) is 0 Å². The first kappa shape index (κ1) is 23.3. The lowest BCUT2D eigenvalue weighted by Crippen LogP contribution is -2.42. The van der Waals surface area contributed by atoms with Crippen molar-refractivity contribution in [1.29, 1.82) is 0 Å². The van der Waals surface area contributed by atoms with E-state index in [0.29, 0.717) is 12.3 Å². The summed E-state index contributed by atoms with van der Waals surface area (Å²) < 4.78 is 0.